The number of hydrogen-bond acceptors (Lipinski definition) is 6. The number of carboxylic acid groups (broad SMARTS) is 2. The molecule has 0 aromatic heterocycles. The monoisotopic (exact) mass is 499 g/mol. The Morgan fingerprint density at radius 1 is 0.917 bits per heavy atom. The van der Waals surface area contributed by atoms with E-state index in [0.717, 1.165) is 22.4 Å². The molecule has 36 heavy (non-hydrogen) atoms. The van der Waals surface area contributed by atoms with Gasteiger partial charge in [-0.15, -0.1) is 0 Å². The molecule has 9 heteroatoms. The highest BCUT2D eigenvalue weighted by atomic mass is 16.4. The molecular formula is C27H33NO8. The van der Waals surface area contributed by atoms with Crippen molar-refractivity contribution in [1.82, 2.24) is 0 Å². The topological polar surface area (TPSA) is 156 Å². The van der Waals surface area contributed by atoms with Gasteiger partial charge in [-0.1, -0.05) is 43.3 Å². The number of benzene rings is 2. The van der Waals surface area contributed by atoms with Crippen LogP contribution in [-0.4, -0.2) is 62.2 Å². The van der Waals surface area contributed by atoms with Crippen LogP contribution in [-0.2, 0) is 27.2 Å². The van der Waals surface area contributed by atoms with Gasteiger partial charge in [-0.05, 0) is 60.9 Å². The molecule has 1 amide bonds. The highest BCUT2D eigenvalue weighted by Gasteiger charge is 2.45. The number of nitrogens with zero attached hydrogens (tertiary/aromatic N) is 1. The quantitative estimate of drug-likeness (QED) is 0.207. The van der Waals surface area contributed by atoms with Crippen molar-refractivity contribution in [2.75, 3.05) is 18.1 Å². The van der Waals surface area contributed by atoms with E-state index in [1.165, 1.54) is 0 Å². The van der Waals surface area contributed by atoms with Gasteiger partial charge >= 0.3 is 11.9 Å². The number of amides is 1. The lowest BCUT2D eigenvalue weighted by molar-refractivity contribution is -0.154. The van der Waals surface area contributed by atoms with E-state index in [2.05, 4.69) is 0 Å². The van der Waals surface area contributed by atoms with Crippen molar-refractivity contribution >= 4 is 23.5 Å². The Labute approximate surface area is 209 Å². The molecule has 0 aliphatic carbocycles. The van der Waals surface area contributed by atoms with Crippen LogP contribution in [0.2, 0.25) is 0 Å². The Hall–Kier alpha value is -3.27. The fraction of sp³-hybridized carbons (Fsp3) is 0.444. The van der Waals surface area contributed by atoms with Crippen molar-refractivity contribution in [1.29, 1.82) is 0 Å². The molecule has 2 aromatic carbocycles. The summed E-state index contributed by atoms with van der Waals surface area (Å²) < 4.78 is 0. The molecule has 2 atom stereocenters. The van der Waals surface area contributed by atoms with Gasteiger partial charge in [0.2, 0.25) is 5.91 Å². The van der Waals surface area contributed by atoms with Gasteiger partial charge < -0.3 is 30.4 Å². The standard InChI is InChI=1S/C27H33NO8/c1-17-23(20-9-5-18(6-10-20)3-2-4-22(25(32)33)26(34)35)28(24(17)31)21-11-7-19(8-12-21)13-14-27(36,15-29)16-30/h5-12,17,22-23,29-30,36H,2-4,13-16H2,1H3,(H,32,33)(H,34,35). The van der Waals surface area contributed by atoms with E-state index < -0.39 is 36.7 Å². The number of carbonyl (C=O) groups excluding carboxylic acids is 1. The van der Waals surface area contributed by atoms with E-state index in [-0.39, 0.29) is 30.7 Å². The second kappa shape index (κ2) is 11.6. The van der Waals surface area contributed by atoms with Crippen LogP contribution >= 0.6 is 0 Å². The van der Waals surface area contributed by atoms with E-state index >= 15 is 0 Å². The second-order valence-corrected chi connectivity index (χ2v) is 9.51. The van der Waals surface area contributed by atoms with Gasteiger partial charge in [-0.25, -0.2) is 0 Å². The van der Waals surface area contributed by atoms with Gasteiger partial charge in [0.05, 0.1) is 25.2 Å². The Morgan fingerprint density at radius 2 is 1.44 bits per heavy atom. The van der Waals surface area contributed by atoms with Crippen LogP contribution in [0.5, 0.6) is 0 Å². The maximum absolute atomic E-state index is 12.7. The van der Waals surface area contributed by atoms with E-state index in [1.54, 1.807) is 4.90 Å². The van der Waals surface area contributed by atoms with Gasteiger partial charge in [-0.3, -0.25) is 14.4 Å². The number of carbonyl (C=O) groups is 3. The Balaban J connectivity index is 1.63. The molecule has 1 heterocycles. The number of anilines is 1. The predicted octanol–water partition coefficient (Wildman–Crippen LogP) is 2.17. The van der Waals surface area contributed by atoms with Crippen molar-refractivity contribution in [3.8, 4) is 0 Å². The third-order valence-corrected chi connectivity index (χ3v) is 6.94. The molecule has 3 rings (SSSR count). The first-order valence-corrected chi connectivity index (χ1v) is 12.0. The molecule has 0 spiro atoms. The summed E-state index contributed by atoms with van der Waals surface area (Å²) in [5.74, 6) is -4.23. The second-order valence-electron chi connectivity index (χ2n) is 9.51. The summed E-state index contributed by atoms with van der Waals surface area (Å²) in [5.41, 5.74) is 2.08. The van der Waals surface area contributed by atoms with Crippen LogP contribution in [0, 0.1) is 11.8 Å². The third kappa shape index (κ3) is 6.10. The molecule has 0 saturated carbocycles. The predicted molar refractivity (Wildman–Crippen MR) is 131 cm³/mol. The van der Waals surface area contributed by atoms with Gasteiger partial charge in [0.1, 0.15) is 5.60 Å². The van der Waals surface area contributed by atoms with E-state index in [1.807, 2.05) is 55.5 Å². The normalized spacial score (nSPS) is 17.8. The SMILES string of the molecule is CC1C(=O)N(c2ccc(CCC(O)(CO)CO)cc2)C1c1ccc(CCCC(C(=O)O)C(=O)O)cc1. The van der Waals surface area contributed by atoms with Crippen molar-refractivity contribution in [2.24, 2.45) is 11.8 Å². The van der Waals surface area contributed by atoms with Crippen LogP contribution in [0.25, 0.3) is 0 Å². The highest BCUT2D eigenvalue weighted by Crippen LogP contribution is 2.43. The van der Waals surface area contributed by atoms with E-state index in [0.29, 0.717) is 19.3 Å². The summed E-state index contributed by atoms with van der Waals surface area (Å²) in [6, 6.07) is 15.0. The molecule has 0 radical (unpaired) electrons. The average molecular weight is 500 g/mol. The molecule has 1 aliphatic rings. The summed E-state index contributed by atoms with van der Waals surface area (Å²) in [4.78, 5) is 36.5. The fourth-order valence-electron chi connectivity index (χ4n) is 4.51. The van der Waals surface area contributed by atoms with Crippen LogP contribution in [0.4, 0.5) is 5.69 Å². The minimum Gasteiger partial charge on any atom is -0.481 e. The fourth-order valence-corrected chi connectivity index (χ4v) is 4.51. The smallest absolute Gasteiger partial charge is 0.317 e. The van der Waals surface area contributed by atoms with Crippen molar-refractivity contribution in [3.63, 3.8) is 0 Å². The minimum absolute atomic E-state index is 0.0140. The number of aryl methyl sites for hydroxylation is 2. The number of hydrogen-bond donors (Lipinski definition) is 5. The minimum atomic E-state index is -1.52. The Bertz CT molecular complexity index is 1050. The molecule has 5 N–H and O–H groups in total. The van der Waals surface area contributed by atoms with Crippen molar-refractivity contribution in [2.45, 2.75) is 50.7 Å². The van der Waals surface area contributed by atoms with Crippen LogP contribution < -0.4 is 4.90 Å². The number of aliphatic hydroxyl groups is 3. The zero-order valence-electron chi connectivity index (χ0n) is 20.2. The molecule has 1 fully saturated rings. The zero-order chi connectivity index (χ0) is 26.5. The number of aliphatic carboxylic acids is 2. The Kier molecular flexibility index (Phi) is 8.84. The van der Waals surface area contributed by atoms with Crippen molar-refractivity contribution < 1.29 is 39.9 Å². The summed E-state index contributed by atoms with van der Waals surface area (Å²) in [7, 11) is 0. The third-order valence-electron chi connectivity index (χ3n) is 6.94. The first-order chi connectivity index (χ1) is 17.1. The van der Waals surface area contributed by atoms with Crippen LogP contribution in [0.1, 0.15) is 48.9 Å². The van der Waals surface area contributed by atoms with Gasteiger partial charge in [-0.2, -0.15) is 0 Å². The summed E-state index contributed by atoms with van der Waals surface area (Å²) in [5, 5.41) is 46.5. The molecular weight excluding hydrogens is 466 g/mol. The van der Waals surface area contributed by atoms with E-state index in [9.17, 15) is 29.7 Å². The molecule has 1 saturated heterocycles. The lowest BCUT2D eigenvalue weighted by atomic mass is 9.82. The number of β-lactam (4-membered cyclic amide) rings is 1. The lowest BCUT2D eigenvalue weighted by Crippen LogP contribution is -2.54. The largest absolute Gasteiger partial charge is 0.481 e. The maximum Gasteiger partial charge on any atom is 0.317 e. The molecule has 2 unspecified atom stereocenters. The molecule has 194 valence electrons. The number of aliphatic hydroxyl groups excluding tert-OH is 2. The maximum atomic E-state index is 12.7. The molecule has 9 nitrogen and oxygen atoms in total. The van der Waals surface area contributed by atoms with Crippen LogP contribution in [0.15, 0.2) is 48.5 Å². The number of carboxylic acids is 2. The van der Waals surface area contributed by atoms with Crippen molar-refractivity contribution in [3.05, 3.63) is 65.2 Å². The van der Waals surface area contributed by atoms with Gasteiger partial charge in [0, 0.05) is 5.69 Å². The first kappa shape index (κ1) is 27.3. The molecule has 0 bridgehead atoms. The van der Waals surface area contributed by atoms with Gasteiger partial charge in [0.25, 0.3) is 0 Å². The first-order valence-electron chi connectivity index (χ1n) is 12.0. The van der Waals surface area contributed by atoms with Crippen LogP contribution in [0.3, 0.4) is 0 Å². The zero-order valence-corrected chi connectivity index (χ0v) is 20.2. The Morgan fingerprint density at radius 3 is 1.97 bits per heavy atom. The lowest BCUT2D eigenvalue weighted by Gasteiger charge is -2.46. The highest BCUT2D eigenvalue weighted by molar-refractivity contribution is 6.03. The number of rotatable bonds is 13. The average Bonchev–Trinajstić information content (AvgIpc) is 2.88. The molecule has 1 aliphatic heterocycles. The summed E-state index contributed by atoms with van der Waals surface area (Å²) in [6.45, 7) is 0.842. The van der Waals surface area contributed by atoms with E-state index in [4.69, 9.17) is 10.2 Å². The van der Waals surface area contributed by atoms with Gasteiger partial charge in [0.15, 0.2) is 5.92 Å². The summed E-state index contributed by atoms with van der Waals surface area (Å²) >= 11 is 0. The summed E-state index contributed by atoms with van der Waals surface area (Å²) in [6.07, 6.45) is 1.73. The molecule has 2 aromatic rings.